The van der Waals surface area contributed by atoms with E-state index in [9.17, 15) is 0 Å². The van der Waals surface area contributed by atoms with E-state index in [1.807, 2.05) is 31.3 Å². The molecule has 2 aromatic rings. The molecule has 0 aliphatic rings. The van der Waals surface area contributed by atoms with Gasteiger partial charge in [-0.05, 0) is 30.2 Å². The molecule has 3 heteroatoms. The van der Waals surface area contributed by atoms with Crippen molar-refractivity contribution in [3.05, 3.63) is 48.3 Å². The molecule has 0 fully saturated rings. The first kappa shape index (κ1) is 12.6. The average Bonchev–Trinajstić information content (AvgIpc) is 2.81. The van der Waals surface area contributed by atoms with Gasteiger partial charge in [-0.2, -0.15) is 0 Å². The molecule has 0 unspecified atom stereocenters. The summed E-state index contributed by atoms with van der Waals surface area (Å²) in [6, 6.07) is 10.2. The van der Waals surface area contributed by atoms with Crippen LogP contribution in [0, 0.1) is 0 Å². The molecule has 0 amide bonds. The number of aryl methyl sites for hydroxylation is 1. The van der Waals surface area contributed by atoms with Gasteiger partial charge >= 0.3 is 0 Å². The highest BCUT2D eigenvalue weighted by Gasteiger charge is 2.02. The SMILES string of the molecule is CCCOc1ccccc1NCc1ccn(C)c1. The summed E-state index contributed by atoms with van der Waals surface area (Å²) in [4.78, 5) is 0. The van der Waals surface area contributed by atoms with Crippen LogP contribution in [-0.4, -0.2) is 11.2 Å². The highest BCUT2D eigenvalue weighted by atomic mass is 16.5. The Bertz CT molecular complexity index is 491. The van der Waals surface area contributed by atoms with Gasteiger partial charge in [0.05, 0.1) is 12.3 Å². The van der Waals surface area contributed by atoms with E-state index >= 15 is 0 Å². The molecule has 0 saturated heterocycles. The molecule has 0 aliphatic heterocycles. The van der Waals surface area contributed by atoms with Gasteiger partial charge in [0.2, 0.25) is 0 Å². The third kappa shape index (κ3) is 3.29. The maximum Gasteiger partial charge on any atom is 0.142 e. The van der Waals surface area contributed by atoms with Crippen LogP contribution < -0.4 is 10.1 Å². The molecule has 0 radical (unpaired) electrons. The van der Waals surface area contributed by atoms with Crippen molar-refractivity contribution in [2.75, 3.05) is 11.9 Å². The molecule has 3 nitrogen and oxygen atoms in total. The van der Waals surface area contributed by atoms with E-state index in [4.69, 9.17) is 4.74 Å². The zero-order chi connectivity index (χ0) is 12.8. The molecule has 18 heavy (non-hydrogen) atoms. The highest BCUT2D eigenvalue weighted by Crippen LogP contribution is 2.24. The molecule has 0 spiro atoms. The van der Waals surface area contributed by atoms with Crippen molar-refractivity contribution in [2.24, 2.45) is 7.05 Å². The molecule has 1 heterocycles. The van der Waals surface area contributed by atoms with Gasteiger partial charge in [0.25, 0.3) is 0 Å². The number of ether oxygens (including phenoxy) is 1. The molecule has 0 bridgehead atoms. The summed E-state index contributed by atoms with van der Waals surface area (Å²) in [6.07, 6.45) is 5.19. The Hall–Kier alpha value is -1.90. The largest absolute Gasteiger partial charge is 0.491 e. The number of nitrogens with one attached hydrogen (secondary N) is 1. The van der Waals surface area contributed by atoms with Crippen molar-refractivity contribution in [3.8, 4) is 5.75 Å². The van der Waals surface area contributed by atoms with Crippen LogP contribution in [0.15, 0.2) is 42.7 Å². The van der Waals surface area contributed by atoms with E-state index in [2.05, 4.69) is 35.3 Å². The smallest absolute Gasteiger partial charge is 0.142 e. The van der Waals surface area contributed by atoms with Gasteiger partial charge in [-0.1, -0.05) is 19.1 Å². The Morgan fingerprint density at radius 2 is 2.06 bits per heavy atom. The van der Waals surface area contributed by atoms with Gasteiger partial charge in [-0.15, -0.1) is 0 Å². The molecule has 0 saturated carbocycles. The van der Waals surface area contributed by atoms with Crippen molar-refractivity contribution in [3.63, 3.8) is 0 Å². The summed E-state index contributed by atoms with van der Waals surface area (Å²) in [5.41, 5.74) is 2.32. The Labute approximate surface area is 108 Å². The van der Waals surface area contributed by atoms with Crippen molar-refractivity contribution in [1.29, 1.82) is 0 Å². The third-order valence-corrected chi connectivity index (χ3v) is 2.72. The predicted molar refractivity (Wildman–Crippen MR) is 75.0 cm³/mol. The lowest BCUT2D eigenvalue weighted by Gasteiger charge is -2.12. The highest BCUT2D eigenvalue weighted by molar-refractivity contribution is 5.56. The number of hydrogen-bond acceptors (Lipinski definition) is 2. The zero-order valence-corrected chi connectivity index (χ0v) is 11.0. The number of anilines is 1. The normalized spacial score (nSPS) is 10.3. The minimum Gasteiger partial charge on any atom is -0.491 e. The maximum absolute atomic E-state index is 5.71. The summed E-state index contributed by atoms with van der Waals surface area (Å²) in [5, 5.41) is 3.41. The Kier molecular flexibility index (Phi) is 4.29. The number of nitrogens with zero attached hydrogens (tertiary/aromatic N) is 1. The third-order valence-electron chi connectivity index (χ3n) is 2.72. The fourth-order valence-corrected chi connectivity index (χ4v) is 1.81. The van der Waals surface area contributed by atoms with Crippen LogP contribution in [0.2, 0.25) is 0 Å². The number of aromatic nitrogens is 1. The summed E-state index contributed by atoms with van der Waals surface area (Å²) in [7, 11) is 2.03. The fraction of sp³-hybridized carbons (Fsp3) is 0.333. The second-order valence-corrected chi connectivity index (χ2v) is 4.38. The molecule has 1 N–H and O–H groups in total. The fourth-order valence-electron chi connectivity index (χ4n) is 1.81. The molecule has 1 aromatic carbocycles. The number of benzene rings is 1. The van der Waals surface area contributed by atoms with Gasteiger partial charge in [0.15, 0.2) is 0 Å². The zero-order valence-electron chi connectivity index (χ0n) is 11.0. The number of hydrogen-bond donors (Lipinski definition) is 1. The molecule has 2 rings (SSSR count). The lowest BCUT2D eigenvalue weighted by atomic mass is 10.2. The van der Waals surface area contributed by atoms with E-state index in [1.54, 1.807) is 0 Å². The minimum atomic E-state index is 0.754. The Morgan fingerprint density at radius 3 is 2.78 bits per heavy atom. The van der Waals surface area contributed by atoms with Crippen LogP contribution in [0.5, 0.6) is 5.75 Å². The van der Waals surface area contributed by atoms with Gasteiger partial charge in [-0.25, -0.2) is 0 Å². The van der Waals surface area contributed by atoms with Crippen LogP contribution in [0.25, 0.3) is 0 Å². The van der Waals surface area contributed by atoms with Crippen LogP contribution in [0.4, 0.5) is 5.69 Å². The summed E-state index contributed by atoms with van der Waals surface area (Å²) >= 11 is 0. The lowest BCUT2D eigenvalue weighted by Crippen LogP contribution is -2.03. The molecule has 96 valence electrons. The van der Waals surface area contributed by atoms with E-state index in [1.165, 1.54) is 5.56 Å². The van der Waals surface area contributed by atoms with Gasteiger partial charge in [-0.3, -0.25) is 0 Å². The average molecular weight is 244 g/mol. The van der Waals surface area contributed by atoms with Gasteiger partial charge < -0.3 is 14.6 Å². The van der Waals surface area contributed by atoms with Crippen molar-refractivity contribution in [2.45, 2.75) is 19.9 Å². The van der Waals surface area contributed by atoms with Crippen molar-refractivity contribution >= 4 is 5.69 Å². The quantitative estimate of drug-likeness (QED) is 0.842. The van der Waals surface area contributed by atoms with Crippen molar-refractivity contribution < 1.29 is 4.74 Å². The molecule has 0 atom stereocenters. The molecular weight excluding hydrogens is 224 g/mol. The molecule has 0 aliphatic carbocycles. The van der Waals surface area contributed by atoms with Crippen LogP contribution in [0.1, 0.15) is 18.9 Å². The Morgan fingerprint density at radius 1 is 1.22 bits per heavy atom. The lowest BCUT2D eigenvalue weighted by molar-refractivity contribution is 0.319. The van der Waals surface area contributed by atoms with E-state index in [-0.39, 0.29) is 0 Å². The van der Waals surface area contributed by atoms with Gasteiger partial charge in [0.1, 0.15) is 5.75 Å². The maximum atomic E-state index is 5.71. The van der Waals surface area contributed by atoms with Gasteiger partial charge in [0, 0.05) is 26.0 Å². The first-order valence-electron chi connectivity index (χ1n) is 6.36. The Balaban J connectivity index is 1.99. The van der Waals surface area contributed by atoms with E-state index < -0.39 is 0 Å². The summed E-state index contributed by atoms with van der Waals surface area (Å²) < 4.78 is 7.76. The topological polar surface area (TPSA) is 26.2 Å². The first-order valence-corrected chi connectivity index (χ1v) is 6.36. The van der Waals surface area contributed by atoms with Crippen molar-refractivity contribution in [1.82, 2.24) is 4.57 Å². The minimum absolute atomic E-state index is 0.754. The number of para-hydroxylation sites is 2. The molecule has 1 aromatic heterocycles. The first-order chi connectivity index (χ1) is 8.79. The van der Waals surface area contributed by atoms with Crippen LogP contribution in [-0.2, 0) is 13.6 Å². The molecular formula is C15H20N2O. The number of rotatable bonds is 6. The second-order valence-electron chi connectivity index (χ2n) is 4.38. The van der Waals surface area contributed by atoms with E-state index in [0.717, 1.165) is 31.0 Å². The van der Waals surface area contributed by atoms with E-state index in [0.29, 0.717) is 0 Å². The second kappa shape index (κ2) is 6.15. The van der Waals surface area contributed by atoms with Crippen LogP contribution in [0.3, 0.4) is 0 Å². The monoisotopic (exact) mass is 244 g/mol. The predicted octanol–water partition coefficient (Wildman–Crippen LogP) is 3.43. The summed E-state index contributed by atoms with van der Waals surface area (Å²) in [5.74, 6) is 0.926. The van der Waals surface area contributed by atoms with Crippen LogP contribution >= 0.6 is 0 Å². The summed E-state index contributed by atoms with van der Waals surface area (Å²) in [6.45, 7) is 3.68. The standard InChI is InChI=1S/C15H20N2O/c1-3-10-18-15-7-5-4-6-14(15)16-11-13-8-9-17(2)12-13/h4-9,12,16H,3,10-11H2,1-2H3.